The van der Waals surface area contributed by atoms with Gasteiger partial charge in [-0.25, -0.2) is 0 Å². The Labute approximate surface area is 77.1 Å². The largest absolute Gasteiger partial charge is 0.0853 e. The van der Waals surface area contributed by atoms with Crippen molar-refractivity contribution >= 4 is 0 Å². The zero-order valence-corrected chi connectivity index (χ0v) is 8.98. The molecule has 0 saturated heterocycles. The van der Waals surface area contributed by atoms with Gasteiger partial charge in [-0.05, 0) is 37.5 Å². The molecule has 12 heavy (non-hydrogen) atoms. The van der Waals surface area contributed by atoms with Crippen molar-refractivity contribution in [2.45, 2.75) is 53.4 Å². The predicted molar refractivity (Wildman–Crippen MR) is 55.2 cm³/mol. The summed E-state index contributed by atoms with van der Waals surface area (Å²) in [6, 6.07) is 0. The van der Waals surface area contributed by atoms with E-state index in [1.807, 2.05) is 0 Å². The molecule has 0 aromatic rings. The van der Waals surface area contributed by atoms with Gasteiger partial charge in [-0.1, -0.05) is 38.8 Å². The molecular weight excluding hydrogens is 144 g/mol. The quantitative estimate of drug-likeness (QED) is 0.540. The highest BCUT2D eigenvalue weighted by Crippen LogP contribution is 2.42. The molecule has 0 aromatic carbocycles. The summed E-state index contributed by atoms with van der Waals surface area (Å²) in [4.78, 5) is 0. The third-order valence-corrected chi connectivity index (χ3v) is 3.33. The number of hydrogen-bond acceptors (Lipinski definition) is 0. The van der Waals surface area contributed by atoms with E-state index < -0.39 is 0 Å². The Morgan fingerprint density at radius 3 is 2.67 bits per heavy atom. The van der Waals surface area contributed by atoms with Crippen LogP contribution in [0.15, 0.2) is 11.6 Å². The van der Waals surface area contributed by atoms with E-state index in [1.54, 1.807) is 5.57 Å². The molecule has 0 saturated carbocycles. The third-order valence-electron chi connectivity index (χ3n) is 3.33. The normalized spacial score (nSPS) is 28.3. The molecule has 1 rings (SSSR count). The van der Waals surface area contributed by atoms with Crippen LogP contribution in [0, 0.1) is 11.3 Å². The summed E-state index contributed by atoms with van der Waals surface area (Å²) in [6.07, 6.45) is 7.79. The molecule has 1 aliphatic rings. The van der Waals surface area contributed by atoms with Crippen molar-refractivity contribution in [2.24, 2.45) is 11.3 Å². The van der Waals surface area contributed by atoms with Crippen molar-refractivity contribution in [3.05, 3.63) is 11.6 Å². The first-order valence-electron chi connectivity index (χ1n) is 5.24. The average Bonchev–Trinajstić information content (AvgIpc) is 1.97. The van der Waals surface area contributed by atoms with Gasteiger partial charge in [-0.2, -0.15) is 0 Å². The molecule has 0 N–H and O–H groups in total. The Morgan fingerprint density at radius 1 is 1.50 bits per heavy atom. The van der Waals surface area contributed by atoms with Gasteiger partial charge in [0, 0.05) is 0 Å². The van der Waals surface area contributed by atoms with Gasteiger partial charge in [0.2, 0.25) is 0 Å². The van der Waals surface area contributed by atoms with Gasteiger partial charge in [-0.3, -0.25) is 0 Å². The highest BCUT2D eigenvalue weighted by Gasteiger charge is 2.31. The summed E-state index contributed by atoms with van der Waals surface area (Å²) in [5.41, 5.74) is 2.18. The Balaban J connectivity index is 2.74. The molecule has 0 heterocycles. The lowest BCUT2D eigenvalue weighted by Gasteiger charge is -2.38. The van der Waals surface area contributed by atoms with Crippen LogP contribution in [-0.4, -0.2) is 0 Å². The molecule has 1 atom stereocenters. The lowest BCUT2D eigenvalue weighted by atomic mass is 9.67. The van der Waals surface area contributed by atoms with Crippen molar-refractivity contribution in [2.75, 3.05) is 0 Å². The van der Waals surface area contributed by atoms with Crippen LogP contribution in [0.3, 0.4) is 0 Å². The molecule has 0 spiro atoms. The van der Waals surface area contributed by atoms with Crippen molar-refractivity contribution in [1.82, 2.24) is 0 Å². The van der Waals surface area contributed by atoms with Crippen LogP contribution >= 0.6 is 0 Å². The summed E-state index contributed by atoms with van der Waals surface area (Å²) in [6.45, 7) is 9.44. The van der Waals surface area contributed by atoms with E-state index in [4.69, 9.17) is 0 Å². The first kappa shape index (κ1) is 9.83. The fourth-order valence-electron chi connectivity index (χ4n) is 2.51. The van der Waals surface area contributed by atoms with E-state index in [-0.39, 0.29) is 0 Å². The maximum atomic E-state index is 2.44. The number of allylic oxidation sites excluding steroid dienone is 2. The van der Waals surface area contributed by atoms with E-state index >= 15 is 0 Å². The minimum Gasteiger partial charge on any atom is -0.0853 e. The van der Waals surface area contributed by atoms with Crippen molar-refractivity contribution < 1.29 is 0 Å². The van der Waals surface area contributed by atoms with Gasteiger partial charge in [0.1, 0.15) is 0 Å². The standard InChI is InChI=1S/C12H22/c1-5-7-11-10(2)8-6-9-12(11,3)4/h8,11H,5-7,9H2,1-4H3. The molecule has 0 amide bonds. The minimum atomic E-state index is 0.550. The molecule has 70 valence electrons. The van der Waals surface area contributed by atoms with Gasteiger partial charge in [-0.15, -0.1) is 0 Å². The molecule has 1 aliphatic carbocycles. The molecule has 1 unspecified atom stereocenters. The fourth-order valence-corrected chi connectivity index (χ4v) is 2.51. The van der Waals surface area contributed by atoms with Gasteiger partial charge in [0.15, 0.2) is 0 Å². The highest BCUT2D eigenvalue weighted by atomic mass is 14.4. The molecule has 0 fully saturated rings. The smallest absolute Gasteiger partial charge is 0.0155 e. The van der Waals surface area contributed by atoms with Crippen LogP contribution in [0.5, 0.6) is 0 Å². The highest BCUT2D eigenvalue weighted by molar-refractivity contribution is 5.11. The summed E-state index contributed by atoms with van der Waals surface area (Å²) < 4.78 is 0. The molecule has 0 radical (unpaired) electrons. The Bertz CT molecular complexity index is 174. The average molecular weight is 166 g/mol. The summed E-state index contributed by atoms with van der Waals surface area (Å²) in [5, 5.41) is 0. The van der Waals surface area contributed by atoms with Crippen LogP contribution < -0.4 is 0 Å². The predicted octanol–water partition coefficient (Wildman–Crippen LogP) is 4.17. The lowest BCUT2D eigenvalue weighted by molar-refractivity contribution is 0.203. The van der Waals surface area contributed by atoms with Crippen LogP contribution in [0.1, 0.15) is 53.4 Å². The van der Waals surface area contributed by atoms with Crippen molar-refractivity contribution in [1.29, 1.82) is 0 Å². The Hall–Kier alpha value is -0.260. The van der Waals surface area contributed by atoms with E-state index in [2.05, 4.69) is 33.8 Å². The molecule has 0 aliphatic heterocycles. The third kappa shape index (κ3) is 1.91. The van der Waals surface area contributed by atoms with E-state index in [0.29, 0.717) is 5.41 Å². The van der Waals surface area contributed by atoms with E-state index in [9.17, 15) is 0 Å². The molecule has 0 aromatic heterocycles. The van der Waals surface area contributed by atoms with Crippen LogP contribution in [0.2, 0.25) is 0 Å². The number of rotatable bonds is 2. The summed E-state index contributed by atoms with van der Waals surface area (Å²) in [7, 11) is 0. The molecular formula is C12H22. The topological polar surface area (TPSA) is 0 Å². The van der Waals surface area contributed by atoms with Crippen LogP contribution in [-0.2, 0) is 0 Å². The molecule has 0 nitrogen and oxygen atoms in total. The van der Waals surface area contributed by atoms with Gasteiger partial charge < -0.3 is 0 Å². The summed E-state index contributed by atoms with van der Waals surface area (Å²) in [5.74, 6) is 0.844. The summed E-state index contributed by atoms with van der Waals surface area (Å²) >= 11 is 0. The van der Waals surface area contributed by atoms with Crippen LogP contribution in [0.4, 0.5) is 0 Å². The molecule has 0 bridgehead atoms. The SMILES string of the molecule is CCCC1C(C)=CCCC1(C)C. The van der Waals surface area contributed by atoms with Gasteiger partial charge in [0.25, 0.3) is 0 Å². The monoisotopic (exact) mass is 166 g/mol. The van der Waals surface area contributed by atoms with Gasteiger partial charge in [0.05, 0.1) is 0 Å². The Kier molecular flexibility index (Phi) is 2.98. The zero-order chi connectivity index (χ0) is 9.19. The maximum Gasteiger partial charge on any atom is -0.0155 e. The lowest BCUT2D eigenvalue weighted by Crippen LogP contribution is -2.27. The van der Waals surface area contributed by atoms with Gasteiger partial charge >= 0.3 is 0 Å². The Morgan fingerprint density at radius 2 is 2.17 bits per heavy atom. The van der Waals surface area contributed by atoms with Crippen LogP contribution in [0.25, 0.3) is 0 Å². The minimum absolute atomic E-state index is 0.550. The zero-order valence-electron chi connectivity index (χ0n) is 8.98. The second kappa shape index (κ2) is 3.64. The van der Waals surface area contributed by atoms with E-state index in [1.165, 1.54) is 25.7 Å². The second-order valence-corrected chi connectivity index (χ2v) is 4.82. The second-order valence-electron chi connectivity index (χ2n) is 4.82. The first-order valence-corrected chi connectivity index (χ1v) is 5.24. The van der Waals surface area contributed by atoms with Crippen molar-refractivity contribution in [3.63, 3.8) is 0 Å². The first-order chi connectivity index (χ1) is 5.58. The fraction of sp³-hybridized carbons (Fsp3) is 0.833. The number of hydrogen-bond donors (Lipinski definition) is 0. The molecule has 0 heteroatoms. The van der Waals surface area contributed by atoms with E-state index in [0.717, 1.165) is 5.92 Å². The maximum absolute atomic E-state index is 2.44. The van der Waals surface area contributed by atoms with Crippen molar-refractivity contribution in [3.8, 4) is 0 Å².